The topological polar surface area (TPSA) is 65.5 Å². The van der Waals surface area contributed by atoms with E-state index in [-0.39, 0.29) is 11.8 Å². The van der Waals surface area contributed by atoms with Crippen molar-refractivity contribution in [1.82, 2.24) is 20.1 Å². The Bertz CT molecular complexity index is 696. The fourth-order valence-corrected chi connectivity index (χ4v) is 5.46. The van der Waals surface area contributed by atoms with Gasteiger partial charge in [-0.25, -0.2) is 0 Å². The third kappa shape index (κ3) is 5.60. The lowest BCUT2D eigenvalue weighted by molar-refractivity contribution is -0.133. The molecule has 30 heavy (non-hydrogen) atoms. The van der Waals surface area contributed by atoms with Crippen LogP contribution in [0.2, 0.25) is 0 Å². The summed E-state index contributed by atoms with van der Waals surface area (Å²) in [5.74, 6) is 1.22. The highest BCUT2D eigenvalue weighted by molar-refractivity contribution is 5.79. The second kappa shape index (κ2) is 10.4. The van der Waals surface area contributed by atoms with E-state index in [0.717, 1.165) is 63.8 Å². The van der Waals surface area contributed by atoms with Crippen LogP contribution in [0.1, 0.15) is 63.4 Å². The van der Waals surface area contributed by atoms with E-state index in [9.17, 15) is 9.59 Å². The van der Waals surface area contributed by atoms with Crippen LogP contribution >= 0.6 is 0 Å². The highest BCUT2D eigenvalue weighted by atomic mass is 16.2. The van der Waals surface area contributed by atoms with Crippen LogP contribution in [0.25, 0.3) is 0 Å². The molecule has 1 saturated carbocycles. The number of nitrogens with one attached hydrogen (secondary N) is 1. The molecule has 1 N–H and O–H groups in total. The molecule has 1 aromatic rings. The summed E-state index contributed by atoms with van der Waals surface area (Å²) in [6, 6.07) is 4.39. The number of piperidine rings is 2. The van der Waals surface area contributed by atoms with E-state index in [1.54, 1.807) is 12.4 Å². The maximum Gasteiger partial charge on any atom is 0.224 e. The van der Waals surface area contributed by atoms with Crippen molar-refractivity contribution < 1.29 is 9.59 Å². The van der Waals surface area contributed by atoms with Crippen LogP contribution in [0.15, 0.2) is 24.5 Å². The largest absolute Gasteiger partial charge is 0.352 e. The van der Waals surface area contributed by atoms with Gasteiger partial charge in [-0.15, -0.1) is 0 Å². The van der Waals surface area contributed by atoms with Crippen molar-refractivity contribution in [3.05, 3.63) is 30.1 Å². The first-order valence-corrected chi connectivity index (χ1v) is 11.9. The molecule has 1 aromatic heterocycles. The third-order valence-corrected chi connectivity index (χ3v) is 7.28. The van der Waals surface area contributed by atoms with Crippen LogP contribution in [0, 0.1) is 11.8 Å². The molecule has 4 rings (SSSR count). The first-order valence-electron chi connectivity index (χ1n) is 11.9. The smallest absolute Gasteiger partial charge is 0.224 e. The normalized spacial score (nSPS) is 24.1. The molecule has 0 spiro atoms. The SMILES string of the molecule is O=C(NCc1cccnc1)[C@H]1CCCN(C2CCN(C(=O)CC3CCCC3)CC2)C1. The van der Waals surface area contributed by atoms with Crippen LogP contribution in [0.5, 0.6) is 0 Å². The zero-order valence-corrected chi connectivity index (χ0v) is 18.1. The molecular weight excluding hydrogens is 376 g/mol. The molecule has 1 atom stereocenters. The molecule has 3 aliphatic rings. The molecule has 6 heteroatoms. The zero-order chi connectivity index (χ0) is 20.8. The lowest BCUT2D eigenvalue weighted by Crippen LogP contribution is -2.51. The Morgan fingerprint density at radius 3 is 2.57 bits per heavy atom. The van der Waals surface area contributed by atoms with Crippen LogP contribution in [0.3, 0.4) is 0 Å². The average Bonchev–Trinajstić information content (AvgIpc) is 3.31. The Morgan fingerprint density at radius 2 is 1.83 bits per heavy atom. The van der Waals surface area contributed by atoms with Gasteiger partial charge in [0.1, 0.15) is 0 Å². The number of pyridine rings is 1. The number of hydrogen-bond donors (Lipinski definition) is 1. The number of likely N-dealkylation sites (tertiary alicyclic amines) is 2. The molecule has 6 nitrogen and oxygen atoms in total. The molecule has 2 amide bonds. The zero-order valence-electron chi connectivity index (χ0n) is 18.1. The van der Waals surface area contributed by atoms with Crippen LogP contribution in [-0.2, 0) is 16.1 Å². The Kier molecular flexibility index (Phi) is 7.37. The van der Waals surface area contributed by atoms with Gasteiger partial charge in [-0.3, -0.25) is 19.5 Å². The quantitative estimate of drug-likeness (QED) is 0.780. The Hall–Kier alpha value is -1.95. The molecule has 3 heterocycles. The summed E-state index contributed by atoms with van der Waals surface area (Å²) in [4.78, 5) is 34.0. The number of rotatable bonds is 6. The molecule has 3 fully saturated rings. The summed E-state index contributed by atoms with van der Waals surface area (Å²) in [6.07, 6.45) is 13.5. The molecule has 164 valence electrons. The minimum Gasteiger partial charge on any atom is -0.352 e. The fourth-order valence-electron chi connectivity index (χ4n) is 5.46. The maximum atomic E-state index is 12.7. The van der Waals surface area contributed by atoms with Gasteiger partial charge < -0.3 is 10.2 Å². The van der Waals surface area contributed by atoms with Gasteiger partial charge >= 0.3 is 0 Å². The summed E-state index contributed by atoms with van der Waals surface area (Å²) in [7, 11) is 0. The van der Waals surface area contributed by atoms with Crippen molar-refractivity contribution in [2.24, 2.45) is 11.8 Å². The van der Waals surface area contributed by atoms with Gasteiger partial charge in [-0.05, 0) is 62.6 Å². The number of amides is 2. The van der Waals surface area contributed by atoms with E-state index in [2.05, 4.69) is 20.1 Å². The summed E-state index contributed by atoms with van der Waals surface area (Å²) >= 11 is 0. The minimum absolute atomic E-state index is 0.0671. The summed E-state index contributed by atoms with van der Waals surface area (Å²) in [5.41, 5.74) is 1.04. The number of carbonyl (C=O) groups excluding carboxylic acids is 2. The summed E-state index contributed by atoms with van der Waals surface area (Å²) in [5, 5.41) is 3.09. The van der Waals surface area contributed by atoms with Gasteiger partial charge in [-0.1, -0.05) is 18.9 Å². The van der Waals surface area contributed by atoms with Gasteiger partial charge in [0.25, 0.3) is 0 Å². The molecule has 0 aromatic carbocycles. The van der Waals surface area contributed by atoms with Crippen LogP contribution in [-0.4, -0.2) is 58.8 Å². The Balaban J connectivity index is 1.21. The lowest BCUT2D eigenvalue weighted by Gasteiger charge is -2.42. The molecule has 0 unspecified atom stereocenters. The summed E-state index contributed by atoms with van der Waals surface area (Å²) < 4.78 is 0. The molecule has 0 radical (unpaired) electrons. The molecule has 2 saturated heterocycles. The molecule has 2 aliphatic heterocycles. The van der Waals surface area contributed by atoms with Crippen molar-refractivity contribution in [2.45, 2.75) is 70.4 Å². The highest BCUT2D eigenvalue weighted by Gasteiger charge is 2.33. The van der Waals surface area contributed by atoms with E-state index in [1.807, 2.05) is 12.1 Å². The van der Waals surface area contributed by atoms with Crippen LogP contribution in [0.4, 0.5) is 0 Å². The van der Waals surface area contributed by atoms with E-state index in [0.29, 0.717) is 24.4 Å². The van der Waals surface area contributed by atoms with Gasteiger partial charge in [0.05, 0.1) is 5.92 Å². The highest BCUT2D eigenvalue weighted by Crippen LogP contribution is 2.29. The number of nitrogens with zero attached hydrogens (tertiary/aromatic N) is 3. The van der Waals surface area contributed by atoms with E-state index in [4.69, 9.17) is 0 Å². The minimum atomic E-state index is 0.0671. The Morgan fingerprint density at radius 1 is 1.03 bits per heavy atom. The fraction of sp³-hybridized carbons (Fsp3) is 0.708. The molecule has 1 aliphatic carbocycles. The summed E-state index contributed by atoms with van der Waals surface area (Å²) in [6.45, 7) is 4.23. The predicted octanol–water partition coefficient (Wildman–Crippen LogP) is 2.98. The average molecular weight is 413 g/mol. The van der Waals surface area contributed by atoms with Gasteiger partial charge in [-0.2, -0.15) is 0 Å². The van der Waals surface area contributed by atoms with Crippen molar-refractivity contribution in [1.29, 1.82) is 0 Å². The van der Waals surface area contributed by atoms with E-state index < -0.39 is 0 Å². The van der Waals surface area contributed by atoms with Crippen molar-refractivity contribution in [2.75, 3.05) is 26.2 Å². The second-order valence-electron chi connectivity index (χ2n) is 9.38. The van der Waals surface area contributed by atoms with Crippen molar-refractivity contribution in [3.8, 4) is 0 Å². The third-order valence-electron chi connectivity index (χ3n) is 7.28. The maximum absolute atomic E-state index is 12.7. The van der Waals surface area contributed by atoms with E-state index in [1.165, 1.54) is 25.7 Å². The van der Waals surface area contributed by atoms with Crippen molar-refractivity contribution in [3.63, 3.8) is 0 Å². The number of aromatic nitrogens is 1. The second-order valence-corrected chi connectivity index (χ2v) is 9.38. The first-order chi connectivity index (χ1) is 14.7. The van der Waals surface area contributed by atoms with Gasteiger partial charge in [0.15, 0.2) is 0 Å². The first kappa shape index (κ1) is 21.3. The van der Waals surface area contributed by atoms with Crippen LogP contribution < -0.4 is 5.32 Å². The number of hydrogen-bond acceptors (Lipinski definition) is 4. The van der Waals surface area contributed by atoms with Gasteiger partial charge in [0.2, 0.25) is 11.8 Å². The van der Waals surface area contributed by atoms with E-state index >= 15 is 0 Å². The molecular formula is C24H36N4O2. The standard InChI is InChI=1S/C24H36N4O2/c29-23(15-19-5-1-2-6-19)27-13-9-22(10-14-27)28-12-4-8-21(18-28)24(30)26-17-20-7-3-11-25-16-20/h3,7,11,16,19,21-22H,1-2,4-6,8-10,12-15,17-18H2,(H,26,30)/t21-/m0/s1. The lowest BCUT2D eigenvalue weighted by atomic mass is 9.93. The monoisotopic (exact) mass is 412 g/mol. The molecule has 0 bridgehead atoms. The van der Waals surface area contributed by atoms with Gasteiger partial charge in [0, 0.05) is 51.0 Å². The predicted molar refractivity (Wildman–Crippen MR) is 117 cm³/mol. The van der Waals surface area contributed by atoms with Crippen molar-refractivity contribution >= 4 is 11.8 Å². The number of carbonyl (C=O) groups is 2. The Labute approximate surface area is 180 Å².